The summed E-state index contributed by atoms with van der Waals surface area (Å²) in [5.74, 6) is 0.0549. The van der Waals surface area contributed by atoms with Gasteiger partial charge in [-0.2, -0.15) is 10.0 Å². The van der Waals surface area contributed by atoms with E-state index in [1.165, 1.54) is 17.8 Å². The van der Waals surface area contributed by atoms with Crippen molar-refractivity contribution in [2.75, 3.05) is 20.7 Å². The lowest BCUT2D eigenvalue weighted by Gasteiger charge is -2.34. The molecule has 324 valence electrons. The minimum atomic E-state index is -0.845. The van der Waals surface area contributed by atoms with Crippen LogP contribution in [0.15, 0.2) is 113 Å². The largest absolute Gasteiger partial charge is 0.348 e. The lowest BCUT2D eigenvalue weighted by atomic mass is 9.95. The number of nitrogens with zero attached hydrogens (tertiary/aromatic N) is 4. The maximum absolute atomic E-state index is 15.2. The first-order valence-corrected chi connectivity index (χ1v) is 25.2. The number of hydrazine groups is 1. The van der Waals surface area contributed by atoms with Gasteiger partial charge in [0.25, 0.3) is 0 Å². The molecule has 2 saturated carbocycles. The number of hydrogen-bond donors (Lipinski definition) is 2. The zero-order valence-corrected chi connectivity index (χ0v) is 39.3. The number of Topliss-reactive ketones (excluding diaryl/α,β-unsaturated/α-hetero) is 2. The first-order valence-electron chi connectivity index (χ1n) is 20.5. The molecule has 2 aliphatic rings. The third kappa shape index (κ3) is 10.9. The fourth-order valence-electron chi connectivity index (χ4n) is 7.71. The molecule has 0 atom stereocenters. The van der Waals surface area contributed by atoms with Crippen LogP contribution in [0, 0.1) is 11.8 Å². The third-order valence-corrected chi connectivity index (χ3v) is 15.7. The van der Waals surface area contributed by atoms with Crippen LogP contribution >= 0.6 is 81.0 Å². The van der Waals surface area contributed by atoms with Crippen molar-refractivity contribution < 1.29 is 19.2 Å². The average Bonchev–Trinajstić information content (AvgIpc) is 4.14. The van der Waals surface area contributed by atoms with E-state index < -0.39 is 12.1 Å². The normalized spacial score (nSPS) is 14.1. The van der Waals surface area contributed by atoms with Crippen LogP contribution in [0.4, 0.5) is 31.2 Å². The number of anilines is 4. The Morgan fingerprint density at radius 2 is 1.13 bits per heavy atom. The molecule has 2 N–H and O–H groups in total. The fourth-order valence-corrected chi connectivity index (χ4v) is 12.1. The predicted octanol–water partition coefficient (Wildman–Crippen LogP) is 14.6. The summed E-state index contributed by atoms with van der Waals surface area (Å²) in [7, 11) is 0. The number of hydrogen-bond acceptors (Lipinski definition) is 10. The minimum absolute atomic E-state index is 0.0299. The SMILES string of the molecule is O=C(c1ccccc1NC(=O)N(c1nc(CSc2ccccc2)c(Cl)s1)N(C(=O)Nc1nc(CSc2ccccc2)c(Cl)s1)c1ccc(Cl)cc1C(=O)C1CCCC1)C1CCCC1. The number of para-hydroxylation sites is 1. The molecule has 0 bridgehead atoms. The Bertz CT molecular complexity index is 2600. The van der Waals surface area contributed by atoms with E-state index in [0.29, 0.717) is 50.0 Å². The van der Waals surface area contributed by atoms with Crippen molar-refractivity contribution in [1.82, 2.24) is 9.97 Å². The van der Waals surface area contributed by atoms with E-state index in [1.807, 2.05) is 60.7 Å². The quantitative estimate of drug-likeness (QED) is 0.0628. The molecule has 0 radical (unpaired) electrons. The second-order valence-electron chi connectivity index (χ2n) is 15.0. The number of thiazole rings is 2. The van der Waals surface area contributed by atoms with E-state index in [2.05, 4.69) is 15.6 Å². The van der Waals surface area contributed by atoms with Crippen molar-refractivity contribution >= 4 is 126 Å². The summed E-state index contributed by atoms with van der Waals surface area (Å²) < 4.78 is 0.684. The van der Waals surface area contributed by atoms with Crippen molar-refractivity contribution in [1.29, 1.82) is 0 Å². The van der Waals surface area contributed by atoms with Crippen molar-refractivity contribution in [3.05, 3.63) is 139 Å². The lowest BCUT2D eigenvalue weighted by Crippen LogP contribution is -2.54. The number of rotatable bonds is 14. The predicted molar refractivity (Wildman–Crippen MR) is 260 cm³/mol. The van der Waals surface area contributed by atoms with Crippen LogP contribution in [-0.4, -0.2) is 33.6 Å². The number of benzene rings is 4. The van der Waals surface area contributed by atoms with Crippen molar-refractivity contribution in [3.8, 4) is 0 Å². The van der Waals surface area contributed by atoms with E-state index in [1.54, 1.807) is 48.2 Å². The molecule has 6 aromatic rings. The molecule has 0 spiro atoms. The van der Waals surface area contributed by atoms with Gasteiger partial charge in [-0.15, -0.1) is 23.5 Å². The highest BCUT2D eigenvalue weighted by Gasteiger charge is 2.38. The van der Waals surface area contributed by atoms with E-state index in [9.17, 15) is 9.59 Å². The first-order chi connectivity index (χ1) is 30.6. The molecule has 2 heterocycles. The average molecular weight is 976 g/mol. The Hall–Kier alpha value is -4.41. The van der Waals surface area contributed by atoms with Gasteiger partial charge in [0.1, 0.15) is 8.67 Å². The molecule has 4 amide bonds. The van der Waals surface area contributed by atoms with E-state index in [4.69, 9.17) is 39.8 Å². The number of carbonyl (C=O) groups is 4. The molecule has 4 aromatic carbocycles. The van der Waals surface area contributed by atoms with Crippen molar-refractivity contribution in [2.24, 2.45) is 11.8 Å². The Labute approximate surface area is 397 Å². The van der Waals surface area contributed by atoms with Gasteiger partial charge in [-0.3, -0.25) is 14.9 Å². The Morgan fingerprint density at radius 1 is 0.603 bits per heavy atom. The van der Waals surface area contributed by atoms with Gasteiger partial charge in [-0.05, 0) is 80.3 Å². The standard InChI is InChI=1S/C46H41Cl3N6O4S4/c47-30-23-24-38(34(25-30)40(57)29-15-9-10-16-29)54(45(59)53-43-50-36(41(48)62-43)26-60-31-17-3-1-4-18-31)55(46-52-37(42(49)63-46)27-61-32-19-5-2-6-20-32)44(58)51-35-22-12-11-21-33(35)39(56)28-13-7-8-14-28/h1-6,11-12,17-25,28-29H,7-10,13-16,26-27H2,(H,51,58)(H,50,53,59). The van der Waals surface area contributed by atoms with Gasteiger partial charge < -0.3 is 5.32 Å². The fraction of sp³-hybridized carbons (Fsp3) is 0.261. The van der Waals surface area contributed by atoms with E-state index in [0.717, 1.165) is 81.0 Å². The highest BCUT2D eigenvalue weighted by Crippen LogP contribution is 2.41. The lowest BCUT2D eigenvalue weighted by molar-refractivity contribution is 0.0916. The molecule has 17 heteroatoms. The van der Waals surface area contributed by atoms with Crippen LogP contribution in [0.25, 0.3) is 0 Å². The summed E-state index contributed by atoms with van der Waals surface area (Å²) in [6.07, 6.45) is 6.59. The Kier molecular flexibility index (Phi) is 15.1. The molecule has 0 unspecified atom stereocenters. The number of thioether (sulfide) groups is 2. The van der Waals surface area contributed by atoms with Crippen LogP contribution in [-0.2, 0) is 11.5 Å². The third-order valence-electron chi connectivity index (χ3n) is 10.8. The molecule has 8 rings (SSSR count). The summed E-state index contributed by atoms with van der Waals surface area (Å²) in [5, 5.41) is 8.44. The summed E-state index contributed by atoms with van der Waals surface area (Å²) in [5.41, 5.74) is 1.88. The number of urea groups is 2. The number of carbonyl (C=O) groups excluding carboxylic acids is 4. The molecule has 10 nitrogen and oxygen atoms in total. The smallest absolute Gasteiger partial charge is 0.305 e. The summed E-state index contributed by atoms with van der Waals surface area (Å²) in [6, 6.07) is 29.3. The summed E-state index contributed by atoms with van der Waals surface area (Å²) in [6.45, 7) is 0. The second kappa shape index (κ2) is 21.1. The molecule has 0 saturated heterocycles. The van der Waals surface area contributed by atoms with Gasteiger partial charge in [0, 0.05) is 49.3 Å². The summed E-state index contributed by atoms with van der Waals surface area (Å²) >= 11 is 25.4. The van der Waals surface area contributed by atoms with Crippen molar-refractivity contribution in [3.63, 3.8) is 0 Å². The van der Waals surface area contributed by atoms with Gasteiger partial charge in [0.15, 0.2) is 16.7 Å². The Balaban J connectivity index is 1.22. The van der Waals surface area contributed by atoms with E-state index >= 15 is 9.59 Å². The summed E-state index contributed by atoms with van der Waals surface area (Å²) in [4.78, 5) is 70.3. The molecule has 2 aromatic heterocycles. The number of aromatic nitrogens is 2. The highest BCUT2D eigenvalue weighted by molar-refractivity contribution is 7.98. The molecular weight excluding hydrogens is 935 g/mol. The van der Waals surface area contributed by atoms with Gasteiger partial charge in [0.05, 0.1) is 22.8 Å². The van der Waals surface area contributed by atoms with Gasteiger partial charge >= 0.3 is 12.1 Å². The maximum atomic E-state index is 15.2. The monoisotopic (exact) mass is 974 g/mol. The minimum Gasteiger partial charge on any atom is -0.305 e. The van der Waals surface area contributed by atoms with E-state index in [-0.39, 0.29) is 55.6 Å². The number of ketones is 2. The molecular formula is C46H41Cl3N6O4S4. The highest BCUT2D eigenvalue weighted by atomic mass is 35.5. The van der Waals surface area contributed by atoms with Gasteiger partial charge in [-0.1, -0.05) is 132 Å². The Morgan fingerprint density at radius 3 is 1.75 bits per heavy atom. The number of halogens is 3. The van der Waals surface area contributed by atoms with Crippen LogP contribution in [0.2, 0.25) is 13.7 Å². The van der Waals surface area contributed by atoms with Crippen LogP contribution in [0.1, 0.15) is 83.5 Å². The number of amides is 4. The van der Waals surface area contributed by atoms with Crippen molar-refractivity contribution in [2.45, 2.75) is 72.7 Å². The van der Waals surface area contributed by atoms with Gasteiger partial charge in [-0.25, -0.2) is 19.6 Å². The maximum Gasteiger partial charge on any atom is 0.348 e. The topological polar surface area (TPSA) is 125 Å². The second-order valence-corrected chi connectivity index (χ2v) is 20.8. The molecule has 2 aliphatic carbocycles. The van der Waals surface area contributed by atoms with Gasteiger partial charge in [0.2, 0.25) is 5.13 Å². The van der Waals surface area contributed by atoms with Crippen LogP contribution in [0.3, 0.4) is 0 Å². The van der Waals surface area contributed by atoms with Crippen LogP contribution < -0.4 is 20.7 Å². The molecule has 63 heavy (non-hydrogen) atoms. The first kappa shape index (κ1) is 45.2. The zero-order valence-electron chi connectivity index (χ0n) is 33.7. The number of nitrogens with one attached hydrogen (secondary N) is 2. The van der Waals surface area contributed by atoms with Crippen LogP contribution in [0.5, 0.6) is 0 Å². The molecule has 0 aliphatic heterocycles. The zero-order chi connectivity index (χ0) is 43.9. The molecule has 2 fully saturated rings.